The van der Waals surface area contributed by atoms with Crippen LogP contribution in [0.2, 0.25) is 0 Å². The summed E-state index contributed by atoms with van der Waals surface area (Å²) in [6.07, 6.45) is 6.46. The zero-order valence-corrected chi connectivity index (χ0v) is 22.7. The number of fused-ring (bicyclic) bond motifs is 1. The standard InChI is InChI=1S/C31H35N3O5/c1-19(2)38-31(35)33-22-9-7-21(8-10-22)29-28(30-32-20(3)18-37-30)26-12-11-25(39-24-13-15-36-16-14-24)17-27(26)34(29)23-5-4-6-23/h7-12,17-19,23-24H,4-6,13-16H2,1-3H3,(H,33,35). The second-order valence-electron chi connectivity index (χ2n) is 10.7. The van der Waals surface area contributed by atoms with Crippen LogP contribution in [0.3, 0.4) is 0 Å². The molecular formula is C31H35N3O5. The van der Waals surface area contributed by atoms with E-state index in [-0.39, 0.29) is 12.2 Å². The van der Waals surface area contributed by atoms with Gasteiger partial charge in [-0.1, -0.05) is 12.1 Å². The van der Waals surface area contributed by atoms with Gasteiger partial charge in [0.25, 0.3) is 0 Å². The molecule has 204 valence electrons. The summed E-state index contributed by atoms with van der Waals surface area (Å²) in [6, 6.07) is 14.6. The van der Waals surface area contributed by atoms with Crippen molar-refractivity contribution in [2.75, 3.05) is 18.5 Å². The topological polar surface area (TPSA) is 87.8 Å². The number of aryl methyl sites for hydroxylation is 1. The van der Waals surface area contributed by atoms with Gasteiger partial charge in [-0.05, 0) is 69.9 Å². The van der Waals surface area contributed by atoms with E-state index in [1.54, 1.807) is 6.26 Å². The normalized spacial score (nSPS) is 16.4. The Morgan fingerprint density at radius 1 is 1.08 bits per heavy atom. The zero-order chi connectivity index (χ0) is 26.9. The van der Waals surface area contributed by atoms with Gasteiger partial charge in [0.1, 0.15) is 18.1 Å². The van der Waals surface area contributed by atoms with Gasteiger partial charge < -0.3 is 23.2 Å². The number of oxazole rings is 1. The quantitative estimate of drug-likeness (QED) is 0.267. The van der Waals surface area contributed by atoms with E-state index in [0.29, 0.717) is 17.6 Å². The highest BCUT2D eigenvalue weighted by molar-refractivity contribution is 6.03. The average molecular weight is 530 g/mol. The number of nitrogens with one attached hydrogen (secondary N) is 1. The van der Waals surface area contributed by atoms with Gasteiger partial charge in [-0.25, -0.2) is 9.78 Å². The van der Waals surface area contributed by atoms with E-state index < -0.39 is 6.09 Å². The van der Waals surface area contributed by atoms with E-state index in [9.17, 15) is 4.79 Å². The van der Waals surface area contributed by atoms with Gasteiger partial charge in [-0.15, -0.1) is 0 Å². The summed E-state index contributed by atoms with van der Waals surface area (Å²) in [5.41, 5.74) is 5.70. The molecule has 0 spiro atoms. The van der Waals surface area contributed by atoms with Gasteiger partial charge in [-0.2, -0.15) is 0 Å². The number of carbonyl (C=O) groups excluding carboxylic acids is 1. The van der Waals surface area contributed by atoms with Gasteiger partial charge in [0.05, 0.1) is 41.8 Å². The van der Waals surface area contributed by atoms with Gasteiger partial charge in [0.2, 0.25) is 5.89 Å². The molecule has 0 bridgehead atoms. The molecule has 8 heteroatoms. The van der Waals surface area contributed by atoms with Crippen LogP contribution < -0.4 is 10.1 Å². The van der Waals surface area contributed by atoms with Crippen molar-refractivity contribution in [3.8, 4) is 28.5 Å². The summed E-state index contributed by atoms with van der Waals surface area (Å²) in [7, 11) is 0. The maximum absolute atomic E-state index is 12.1. The molecular weight excluding hydrogens is 494 g/mol. The van der Waals surface area contributed by atoms with E-state index in [2.05, 4.69) is 28.1 Å². The van der Waals surface area contributed by atoms with Crippen molar-refractivity contribution in [2.24, 2.45) is 0 Å². The van der Waals surface area contributed by atoms with Crippen LogP contribution in [0.1, 0.15) is 57.7 Å². The van der Waals surface area contributed by atoms with E-state index in [4.69, 9.17) is 23.6 Å². The number of hydrogen-bond donors (Lipinski definition) is 1. The predicted molar refractivity (Wildman–Crippen MR) is 150 cm³/mol. The summed E-state index contributed by atoms with van der Waals surface area (Å²) in [5, 5.41) is 3.89. The van der Waals surface area contributed by atoms with Crippen molar-refractivity contribution in [2.45, 2.75) is 71.1 Å². The van der Waals surface area contributed by atoms with Crippen molar-refractivity contribution in [1.82, 2.24) is 9.55 Å². The highest BCUT2D eigenvalue weighted by Gasteiger charge is 2.30. The second kappa shape index (κ2) is 10.8. The molecule has 1 saturated heterocycles. The lowest BCUT2D eigenvalue weighted by Gasteiger charge is -2.30. The third kappa shape index (κ3) is 5.26. The Kier molecular flexibility index (Phi) is 7.04. The molecule has 3 heterocycles. The molecule has 1 N–H and O–H groups in total. The third-order valence-corrected chi connectivity index (χ3v) is 7.47. The SMILES string of the molecule is Cc1coc(-c2c(-c3ccc(NC(=O)OC(C)C)cc3)n(C3CCC3)c3cc(OC4CCOCC4)ccc23)n1. The molecule has 2 fully saturated rings. The van der Waals surface area contributed by atoms with Crippen LogP contribution >= 0.6 is 0 Å². The monoisotopic (exact) mass is 529 g/mol. The molecule has 4 aromatic rings. The summed E-state index contributed by atoms with van der Waals surface area (Å²) in [5.74, 6) is 1.48. The lowest BCUT2D eigenvalue weighted by molar-refractivity contribution is 0.0256. The summed E-state index contributed by atoms with van der Waals surface area (Å²) < 4.78 is 25.6. The Bertz CT molecular complexity index is 1460. The molecule has 39 heavy (non-hydrogen) atoms. The van der Waals surface area contributed by atoms with Gasteiger partial charge in [0.15, 0.2) is 0 Å². The first-order valence-electron chi connectivity index (χ1n) is 13.9. The number of nitrogens with zero attached hydrogens (tertiary/aromatic N) is 2. The Morgan fingerprint density at radius 2 is 1.85 bits per heavy atom. The van der Waals surface area contributed by atoms with Crippen molar-refractivity contribution in [1.29, 1.82) is 0 Å². The molecule has 0 radical (unpaired) electrons. The number of ether oxygens (including phenoxy) is 3. The smallest absolute Gasteiger partial charge is 0.411 e. The number of aromatic nitrogens is 2. The minimum absolute atomic E-state index is 0.166. The Morgan fingerprint density at radius 3 is 2.49 bits per heavy atom. The predicted octanol–water partition coefficient (Wildman–Crippen LogP) is 7.51. The lowest BCUT2D eigenvalue weighted by Crippen LogP contribution is -2.25. The number of amides is 1. The molecule has 1 aliphatic heterocycles. The highest BCUT2D eigenvalue weighted by atomic mass is 16.6. The van der Waals surface area contributed by atoms with Gasteiger partial charge >= 0.3 is 6.09 Å². The Labute approximate surface area is 228 Å². The van der Waals surface area contributed by atoms with Crippen molar-refractivity contribution >= 4 is 22.7 Å². The molecule has 0 unspecified atom stereocenters. The number of hydrogen-bond acceptors (Lipinski definition) is 6. The molecule has 2 aromatic heterocycles. The fraction of sp³-hybridized carbons (Fsp3) is 0.419. The number of carbonyl (C=O) groups is 1. The first kappa shape index (κ1) is 25.5. The first-order valence-corrected chi connectivity index (χ1v) is 13.9. The summed E-state index contributed by atoms with van der Waals surface area (Å²) in [4.78, 5) is 16.9. The van der Waals surface area contributed by atoms with Crippen LogP contribution in [0.15, 0.2) is 53.1 Å². The maximum atomic E-state index is 12.1. The number of anilines is 1. The van der Waals surface area contributed by atoms with Crippen LogP contribution in [0.25, 0.3) is 33.6 Å². The fourth-order valence-corrected chi connectivity index (χ4v) is 5.42. The van der Waals surface area contributed by atoms with Crippen LogP contribution in [0, 0.1) is 6.92 Å². The second-order valence-corrected chi connectivity index (χ2v) is 10.7. The molecule has 8 nitrogen and oxygen atoms in total. The largest absolute Gasteiger partial charge is 0.490 e. The van der Waals surface area contributed by atoms with E-state index >= 15 is 0 Å². The highest BCUT2D eigenvalue weighted by Crippen LogP contribution is 2.47. The average Bonchev–Trinajstić information content (AvgIpc) is 3.45. The van der Waals surface area contributed by atoms with Crippen molar-refractivity contribution in [3.63, 3.8) is 0 Å². The van der Waals surface area contributed by atoms with Gasteiger partial charge in [0, 0.05) is 36.0 Å². The molecule has 2 aromatic carbocycles. The maximum Gasteiger partial charge on any atom is 0.411 e. The molecule has 1 saturated carbocycles. The summed E-state index contributed by atoms with van der Waals surface area (Å²) >= 11 is 0. The van der Waals surface area contributed by atoms with Crippen LogP contribution in [0.5, 0.6) is 5.75 Å². The van der Waals surface area contributed by atoms with E-state index in [0.717, 1.165) is 78.1 Å². The van der Waals surface area contributed by atoms with E-state index in [1.807, 2.05) is 45.0 Å². The first-order chi connectivity index (χ1) is 19.0. The Hall–Kier alpha value is -3.78. The molecule has 2 aliphatic rings. The number of rotatable bonds is 7. The molecule has 1 aliphatic carbocycles. The number of benzene rings is 2. The minimum Gasteiger partial charge on any atom is -0.490 e. The lowest BCUT2D eigenvalue weighted by atomic mass is 9.92. The fourth-order valence-electron chi connectivity index (χ4n) is 5.42. The molecule has 1 amide bonds. The minimum atomic E-state index is -0.464. The molecule has 6 rings (SSSR count). The van der Waals surface area contributed by atoms with E-state index in [1.165, 1.54) is 6.42 Å². The summed E-state index contributed by atoms with van der Waals surface area (Å²) in [6.45, 7) is 7.07. The molecule has 0 atom stereocenters. The zero-order valence-electron chi connectivity index (χ0n) is 22.7. The van der Waals surface area contributed by atoms with Crippen molar-refractivity contribution in [3.05, 3.63) is 54.4 Å². The third-order valence-electron chi connectivity index (χ3n) is 7.47. The van der Waals surface area contributed by atoms with Crippen LogP contribution in [-0.2, 0) is 9.47 Å². The van der Waals surface area contributed by atoms with Crippen LogP contribution in [-0.4, -0.2) is 41.1 Å². The van der Waals surface area contributed by atoms with Gasteiger partial charge in [-0.3, -0.25) is 5.32 Å². The van der Waals surface area contributed by atoms with Crippen LogP contribution in [0.4, 0.5) is 10.5 Å². The Balaban J connectivity index is 1.45. The van der Waals surface area contributed by atoms with Crippen molar-refractivity contribution < 1.29 is 23.4 Å².